The zero-order valence-electron chi connectivity index (χ0n) is 17.6. The first-order valence-corrected chi connectivity index (χ1v) is 9.97. The van der Waals surface area contributed by atoms with Gasteiger partial charge in [-0.25, -0.2) is 13.5 Å². The Morgan fingerprint density at radius 3 is 2.26 bits per heavy atom. The van der Waals surface area contributed by atoms with Gasteiger partial charge in [-0.1, -0.05) is 24.3 Å². The number of para-hydroxylation sites is 1. The maximum atomic E-state index is 14.2. The van der Waals surface area contributed by atoms with Crippen LogP contribution in [0.2, 0.25) is 0 Å². The van der Waals surface area contributed by atoms with E-state index in [1.54, 1.807) is 30.3 Å². The van der Waals surface area contributed by atoms with Crippen LogP contribution < -0.4 is 4.74 Å². The van der Waals surface area contributed by atoms with Crippen molar-refractivity contribution >= 4 is 16.7 Å². The van der Waals surface area contributed by atoms with Crippen molar-refractivity contribution in [3.8, 4) is 11.4 Å². The summed E-state index contributed by atoms with van der Waals surface area (Å²) in [5.41, 5.74) is -3.33. The van der Waals surface area contributed by atoms with E-state index in [0.29, 0.717) is 28.7 Å². The van der Waals surface area contributed by atoms with Crippen LogP contribution in [0, 0.1) is 11.6 Å². The highest BCUT2D eigenvalue weighted by atomic mass is 19.4. The van der Waals surface area contributed by atoms with Gasteiger partial charge in [0.05, 0.1) is 17.4 Å². The molecule has 1 heterocycles. The van der Waals surface area contributed by atoms with Crippen LogP contribution in [-0.2, 0) is 5.60 Å². The lowest BCUT2D eigenvalue weighted by Crippen LogP contribution is -2.47. The van der Waals surface area contributed by atoms with E-state index in [4.69, 9.17) is 4.74 Å². The van der Waals surface area contributed by atoms with Crippen LogP contribution in [-0.4, -0.2) is 33.5 Å². The number of aliphatic hydroxyl groups is 1. The molecule has 4 aromatic rings. The Bertz CT molecular complexity index is 1350. The Morgan fingerprint density at radius 1 is 1.03 bits per heavy atom. The van der Waals surface area contributed by atoms with Gasteiger partial charge in [0.15, 0.2) is 23.2 Å². The summed E-state index contributed by atoms with van der Waals surface area (Å²) >= 11 is 0. The van der Waals surface area contributed by atoms with Crippen molar-refractivity contribution in [3.63, 3.8) is 0 Å². The predicted molar refractivity (Wildman–Crippen MR) is 113 cm³/mol. The highest BCUT2D eigenvalue weighted by Crippen LogP contribution is 2.41. The molecule has 0 radical (unpaired) electrons. The van der Waals surface area contributed by atoms with Gasteiger partial charge >= 0.3 is 6.18 Å². The number of hydrogen-bond donors (Lipinski definition) is 1. The molecule has 176 valence electrons. The number of carbonyl (C=O) groups is 1. The van der Waals surface area contributed by atoms with E-state index >= 15 is 0 Å². The monoisotopic (exact) mass is 476 g/mol. The minimum absolute atomic E-state index is 0.298. The van der Waals surface area contributed by atoms with Crippen molar-refractivity contribution < 1.29 is 36.6 Å². The van der Waals surface area contributed by atoms with Gasteiger partial charge in [0, 0.05) is 10.9 Å². The lowest BCUT2D eigenvalue weighted by Gasteiger charge is -2.31. The fourth-order valence-corrected chi connectivity index (χ4v) is 3.47. The molecule has 34 heavy (non-hydrogen) atoms. The molecule has 5 nitrogen and oxygen atoms in total. The quantitative estimate of drug-likeness (QED) is 0.302. The van der Waals surface area contributed by atoms with Gasteiger partial charge in [0.2, 0.25) is 5.60 Å². The Labute approximate surface area is 190 Å². The number of aromatic nitrogens is 2. The van der Waals surface area contributed by atoms with E-state index in [2.05, 4.69) is 5.10 Å². The fraction of sp³-hybridized carbons (Fsp3) is 0.167. The van der Waals surface area contributed by atoms with Crippen molar-refractivity contribution in [1.82, 2.24) is 9.78 Å². The maximum Gasteiger partial charge on any atom is 0.424 e. The summed E-state index contributed by atoms with van der Waals surface area (Å²) < 4.78 is 76.6. The second kappa shape index (κ2) is 8.53. The first kappa shape index (κ1) is 23.4. The number of fused-ring (bicyclic) bond motifs is 1. The molecular formula is C24H17F5N2O3. The summed E-state index contributed by atoms with van der Waals surface area (Å²) in [5, 5.41) is 15.1. The molecule has 0 saturated heterocycles. The summed E-state index contributed by atoms with van der Waals surface area (Å²) in [6, 6.07) is 13.7. The van der Waals surface area contributed by atoms with Crippen LogP contribution in [0.15, 0.2) is 66.9 Å². The Hall–Kier alpha value is -3.79. The summed E-state index contributed by atoms with van der Waals surface area (Å²) in [5.74, 6) is -4.50. The Morgan fingerprint density at radius 2 is 1.68 bits per heavy atom. The second-order valence-corrected chi connectivity index (χ2v) is 7.64. The molecule has 0 aliphatic rings. The van der Waals surface area contributed by atoms with Crippen molar-refractivity contribution in [1.29, 1.82) is 0 Å². The van der Waals surface area contributed by atoms with Crippen LogP contribution in [0.25, 0.3) is 16.6 Å². The van der Waals surface area contributed by atoms with E-state index in [9.17, 15) is 31.9 Å². The van der Waals surface area contributed by atoms with Crippen LogP contribution in [0.3, 0.4) is 0 Å². The SMILES string of the molecule is CC(=O)c1cc(F)c(OCC(O)(c2ccc3c(cnn3-c3ccccc3)c2)C(F)(F)F)c(F)c1. The molecule has 10 heteroatoms. The normalized spacial score (nSPS) is 13.6. The van der Waals surface area contributed by atoms with Gasteiger partial charge in [-0.2, -0.15) is 18.3 Å². The average Bonchev–Trinajstić information content (AvgIpc) is 3.21. The number of halogens is 5. The molecule has 1 aromatic heterocycles. The number of hydrogen-bond acceptors (Lipinski definition) is 4. The largest absolute Gasteiger partial charge is 0.484 e. The molecule has 0 bridgehead atoms. The van der Waals surface area contributed by atoms with Crippen LogP contribution in [0.1, 0.15) is 22.8 Å². The van der Waals surface area contributed by atoms with E-state index in [-0.39, 0.29) is 5.56 Å². The molecule has 1 unspecified atom stereocenters. The highest BCUT2D eigenvalue weighted by Gasteiger charge is 2.56. The number of alkyl halides is 3. The molecular weight excluding hydrogens is 459 g/mol. The molecule has 4 rings (SSSR count). The zero-order valence-corrected chi connectivity index (χ0v) is 17.6. The molecule has 1 N–H and O–H groups in total. The minimum Gasteiger partial charge on any atom is -0.484 e. The summed E-state index contributed by atoms with van der Waals surface area (Å²) in [7, 11) is 0. The Kier molecular flexibility index (Phi) is 5.86. The molecule has 0 saturated carbocycles. The van der Waals surface area contributed by atoms with Crippen molar-refractivity contribution in [2.45, 2.75) is 18.7 Å². The molecule has 0 fully saturated rings. The maximum absolute atomic E-state index is 14.2. The van der Waals surface area contributed by atoms with Crippen LogP contribution in [0.4, 0.5) is 22.0 Å². The number of nitrogens with zero attached hydrogens (tertiary/aromatic N) is 2. The summed E-state index contributed by atoms with van der Waals surface area (Å²) in [6.45, 7) is -0.449. The number of benzene rings is 3. The van der Waals surface area contributed by atoms with Crippen molar-refractivity contribution in [2.75, 3.05) is 6.61 Å². The van der Waals surface area contributed by atoms with Gasteiger partial charge in [0.1, 0.15) is 6.61 Å². The van der Waals surface area contributed by atoms with Gasteiger partial charge in [-0.3, -0.25) is 4.79 Å². The van der Waals surface area contributed by atoms with Crippen molar-refractivity contribution in [3.05, 3.63) is 89.6 Å². The van der Waals surface area contributed by atoms with E-state index in [0.717, 1.165) is 19.1 Å². The number of carbonyl (C=O) groups excluding carboxylic acids is 1. The van der Waals surface area contributed by atoms with E-state index < -0.39 is 47.1 Å². The number of ketones is 1. The molecule has 0 amide bonds. The highest BCUT2D eigenvalue weighted by molar-refractivity contribution is 5.94. The molecule has 0 spiro atoms. The molecule has 0 aliphatic heterocycles. The van der Waals surface area contributed by atoms with Crippen LogP contribution >= 0.6 is 0 Å². The standard InChI is InChI=1S/C24H17F5N2O3/c1-14(32)15-10-19(25)22(20(26)11-15)34-13-23(33,24(27,28)29)17-7-8-21-16(9-17)12-30-31(21)18-5-3-2-4-6-18/h2-12,33H,13H2,1H3. The first-order valence-electron chi connectivity index (χ1n) is 9.97. The third kappa shape index (κ3) is 4.12. The van der Waals surface area contributed by atoms with Crippen LogP contribution in [0.5, 0.6) is 5.75 Å². The number of ether oxygens (including phenoxy) is 1. The zero-order chi connectivity index (χ0) is 24.7. The number of Topliss-reactive ketones (excluding diaryl/α,β-unsaturated/α-hetero) is 1. The molecule has 3 aromatic carbocycles. The first-order chi connectivity index (χ1) is 16.0. The van der Waals surface area contributed by atoms with Gasteiger partial charge in [0.25, 0.3) is 0 Å². The minimum atomic E-state index is -5.25. The van der Waals surface area contributed by atoms with E-state index in [1.165, 1.54) is 16.9 Å². The topological polar surface area (TPSA) is 64.3 Å². The fourth-order valence-electron chi connectivity index (χ4n) is 3.47. The van der Waals surface area contributed by atoms with Gasteiger partial charge in [-0.15, -0.1) is 0 Å². The van der Waals surface area contributed by atoms with E-state index in [1.807, 2.05) is 0 Å². The summed E-state index contributed by atoms with van der Waals surface area (Å²) in [4.78, 5) is 11.3. The smallest absolute Gasteiger partial charge is 0.424 e. The lowest BCUT2D eigenvalue weighted by atomic mass is 9.93. The predicted octanol–water partition coefficient (Wildman–Crippen LogP) is 5.34. The molecule has 1 atom stereocenters. The third-order valence-electron chi connectivity index (χ3n) is 5.35. The second-order valence-electron chi connectivity index (χ2n) is 7.64. The summed E-state index contributed by atoms with van der Waals surface area (Å²) in [6.07, 6.45) is -3.91. The number of rotatable bonds is 6. The third-order valence-corrected chi connectivity index (χ3v) is 5.35. The molecule has 0 aliphatic carbocycles. The van der Waals surface area contributed by atoms with Crippen molar-refractivity contribution in [2.24, 2.45) is 0 Å². The van der Waals surface area contributed by atoms with Gasteiger partial charge in [-0.05, 0) is 48.9 Å². The van der Waals surface area contributed by atoms with Gasteiger partial charge < -0.3 is 9.84 Å². The lowest BCUT2D eigenvalue weighted by molar-refractivity contribution is -0.275. The average molecular weight is 476 g/mol. The Balaban J connectivity index is 1.70.